The molecule has 0 aromatic carbocycles. The van der Waals surface area contributed by atoms with Crippen molar-refractivity contribution >= 4 is 11.8 Å². The minimum atomic E-state index is -0.362. The van der Waals surface area contributed by atoms with Crippen LogP contribution in [0, 0.1) is 0 Å². The second-order valence-corrected chi connectivity index (χ2v) is 5.12. The first-order valence-electron chi connectivity index (χ1n) is 7.01. The molecule has 19 heavy (non-hydrogen) atoms. The normalized spacial score (nSPS) is 24.1. The van der Waals surface area contributed by atoms with Crippen LogP contribution in [0.15, 0.2) is 0 Å². The van der Waals surface area contributed by atoms with Crippen LogP contribution in [0.3, 0.4) is 0 Å². The van der Waals surface area contributed by atoms with E-state index in [1.54, 1.807) is 12.0 Å². The van der Waals surface area contributed by atoms with Crippen molar-refractivity contribution in [3.8, 4) is 0 Å². The monoisotopic (exact) mass is 269 g/mol. The van der Waals surface area contributed by atoms with E-state index in [2.05, 4.69) is 5.32 Å². The van der Waals surface area contributed by atoms with Crippen molar-refractivity contribution in [1.82, 2.24) is 15.1 Å². The summed E-state index contributed by atoms with van der Waals surface area (Å²) in [5, 5.41) is 3.15. The fraction of sp³-hybridized carbons (Fsp3) is 0.846. The van der Waals surface area contributed by atoms with Gasteiger partial charge in [-0.15, -0.1) is 0 Å². The Hall–Kier alpha value is -1.14. The summed E-state index contributed by atoms with van der Waals surface area (Å²) < 4.78 is 5.00. The van der Waals surface area contributed by atoms with Gasteiger partial charge in [0.15, 0.2) is 0 Å². The molecule has 1 atom stereocenters. The molecule has 2 fully saturated rings. The second-order valence-electron chi connectivity index (χ2n) is 5.12. The topological polar surface area (TPSA) is 61.9 Å². The Morgan fingerprint density at radius 3 is 2.79 bits per heavy atom. The number of hydrogen-bond acceptors (Lipinski definition) is 4. The largest absolute Gasteiger partial charge is 0.383 e. The summed E-state index contributed by atoms with van der Waals surface area (Å²) in [6.07, 6.45) is 2.44. The summed E-state index contributed by atoms with van der Waals surface area (Å²) in [5.41, 5.74) is 0. The number of rotatable bonds is 5. The van der Waals surface area contributed by atoms with Crippen LogP contribution in [0.4, 0.5) is 0 Å². The minimum Gasteiger partial charge on any atom is -0.383 e. The Morgan fingerprint density at radius 2 is 2.11 bits per heavy atom. The van der Waals surface area contributed by atoms with Crippen molar-refractivity contribution in [3.05, 3.63) is 0 Å². The van der Waals surface area contributed by atoms with Gasteiger partial charge in [-0.3, -0.25) is 9.59 Å². The van der Waals surface area contributed by atoms with E-state index >= 15 is 0 Å². The summed E-state index contributed by atoms with van der Waals surface area (Å²) in [7, 11) is 1.63. The molecule has 2 heterocycles. The van der Waals surface area contributed by atoms with E-state index in [0.29, 0.717) is 19.7 Å². The summed E-state index contributed by atoms with van der Waals surface area (Å²) in [4.78, 5) is 27.9. The molecule has 0 aromatic heterocycles. The summed E-state index contributed by atoms with van der Waals surface area (Å²) in [6.45, 7) is 4.26. The van der Waals surface area contributed by atoms with Gasteiger partial charge in [-0.2, -0.15) is 0 Å². The third-order valence-corrected chi connectivity index (χ3v) is 3.79. The van der Waals surface area contributed by atoms with Gasteiger partial charge in [-0.05, 0) is 12.8 Å². The van der Waals surface area contributed by atoms with Gasteiger partial charge in [-0.25, -0.2) is 0 Å². The van der Waals surface area contributed by atoms with Gasteiger partial charge < -0.3 is 19.9 Å². The first-order valence-corrected chi connectivity index (χ1v) is 7.01. The number of carbonyl (C=O) groups excluding carboxylic acids is 2. The fourth-order valence-corrected chi connectivity index (χ4v) is 2.64. The molecule has 6 heteroatoms. The van der Waals surface area contributed by atoms with Gasteiger partial charge in [0, 0.05) is 39.8 Å². The number of ether oxygens (including phenoxy) is 1. The predicted molar refractivity (Wildman–Crippen MR) is 70.7 cm³/mol. The van der Waals surface area contributed by atoms with Crippen molar-refractivity contribution in [2.24, 2.45) is 0 Å². The molecule has 2 aliphatic heterocycles. The summed E-state index contributed by atoms with van der Waals surface area (Å²) in [6, 6.07) is -0.362. The van der Waals surface area contributed by atoms with E-state index in [9.17, 15) is 9.59 Å². The maximum absolute atomic E-state index is 12.2. The number of methoxy groups -OCH3 is 1. The number of piperazine rings is 1. The van der Waals surface area contributed by atoms with Crippen LogP contribution in [0.25, 0.3) is 0 Å². The van der Waals surface area contributed by atoms with E-state index in [-0.39, 0.29) is 24.3 Å². The van der Waals surface area contributed by atoms with Crippen LogP contribution in [0.1, 0.15) is 19.3 Å². The number of amides is 2. The van der Waals surface area contributed by atoms with Crippen LogP contribution in [-0.4, -0.2) is 74.1 Å². The van der Waals surface area contributed by atoms with Crippen LogP contribution in [0.2, 0.25) is 0 Å². The standard InChI is InChI=1S/C13H23N3O3/c1-19-9-8-16-7-4-14-11(13(16)18)10-12(17)15-5-2-3-6-15/h11,14H,2-10H2,1H3. The van der Waals surface area contributed by atoms with Gasteiger partial charge in [0.25, 0.3) is 0 Å². The highest BCUT2D eigenvalue weighted by Crippen LogP contribution is 2.12. The van der Waals surface area contributed by atoms with Gasteiger partial charge in [0.05, 0.1) is 19.1 Å². The summed E-state index contributed by atoms with van der Waals surface area (Å²) >= 11 is 0. The highest BCUT2D eigenvalue weighted by atomic mass is 16.5. The van der Waals surface area contributed by atoms with Crippen LogP contribution in [0.5, 0.6) is 0 Å². The van der Waals surface area contributed by atoms with Crippen molar-refractivity contribution in [3.63, 3.8) is 0 Å². The SMILES string of the molecule is COCCN1CCNC(CC(=O)N2CCCC2)C1=O. The van der Waals surface area contributed by atoms with E-state index in [4.69, 9.17) is 4.74 Å². The Balaban J connectivity index is 1.84. The van der Waals surface area contributed by atoms with Gasteiger partial charge in [-0.1, -0.05) is 0 Å². The Morgan fingerprint density at radius 1 is 1.37 bits per heavy atom. The molecule has 0 bridgehead atoms. The smallest absolute Gasteiger partial charge is 0.240 e. The first-order chi connectivity index (χ1) is 9.22. The van der Waals surface area contributed by atoms with Crippen LogP contribution in [-0.2, 0) is 14.3 Å². The van der Waals surface area contributed by atoms with Crippen molar-refractivity contribution in [2.75, 3.05) is 46.4 Å². The molecule has 0 aromatic rings. The molecule has 6 nitrogen and oxygen atoms in total. The molecular weight excluding hydrogens is 246 g/mol. The molecule has 0 aliphatic carbocycles. The average molecular weight is 269 g/mol. The molecule has 0 saturated carbocycles. The molecule has 0 spiro atoms. The zero-order chi connectivity index (χ0) is 13.7. The number of carbonyl (C=O) groups is 2. The maximum Gasteiger partial charge on any atom is 0.240 e. The number of likely N-dealkylation sites (tertiary alicyclic amines) is 1. The third kappa shape index (κ3) is 3.67. The maximum atomic E-state index is 12.2. The van der Waals surface area contributed by atoms with Gasteiger partial charge in [0.2, 0.25) is 11.8 Å². The van der Waals surface area contributed by atoms with Crippen molar-refractivity contribution < 1.29 is 14.3 Å². The lowest BCUT2D eigenvalue weighted by Crippen LogP contribution is -2.56. The quantitative estimate of drug-likeness (QED) is 0.727. The predicted octanol–water partition coefficient (Wildman–Crippen LogP) is -0.554. The van der Waals surface area contributed by atoms with E-state index < -0.39 is 0 Å². The lowest BCUT2D eigenvalue weighted by atomic mass is 10.1. The number of nitrogens with one attached hydrogen (secondary N) is 1. The molecule has 2 saturated heterocycles. The van der Waals surface area contributed by atoms with Gasteiger partial charge >= 0.3 is 0 Å². The molecule has 108 valence electrons. The fourth-order valence-electron chi connectivity index (χ4n) is 2.64. The van der Waals surface area contributed by atoms with E-state index in [0.717, 1.165) is 32.5 Å². The van der Waals surface area contributed by atoms with Gasteiger partial charge in [0.1, 0.15) is 0 Å². The highest BCUT2D eigenvalue weighted by molar-refractivity contribution is 5.89. The summed E-state index contributed by atoms with van der Waals surface area (Å²) in [5.74, 6) is 0.118. The van der Waals surface area contributed by atoms with E-state index in [1.165, 1.54) is 0 Å². The third-order valence-electron chi connectivity index (χ3n) is 3.79. The molecule has 2 rings (SSSR count). The molecule has 2 aliphatic rings. The molecule has 1 unspecified atom stereocenters. The van der Waals surface area contributed by atoms with Crippen molar-refractivity contribution in [2.45, 2.75) is 25.3 Å². The van der Waals surface area contributed by atoms with Crippen LogP contribution < -0.4 is 5.32 Å². The highest BCUT2D eigenvalue weighted by Gasteiger charge is 2.31. The number of nitrogens with zero attached hydrogens (tertiary/aromatic N) is 2. The Kier molecular flexibility index (Phi) is 5.15. The molecule has 2 amide bonds. The van der Waals surface area contributed by atoms with E-state index in [1.807, 2.05) is 4.90 Å². The molecule has 1 N–H and O–H groups in total. The zero-order valence-corrected chi connectivity index (χ0v) is 11.6. The van der Waals surface area contributed by atoms with Crippen molar-refractivity contribution in [1.29, 1.82) is 0 Å². The second kappa shape index (κ2) is 6.86. The zero-order valence-electron chi connectivity index (χ0n) is 11.6. The van der Waals surface area contributed by atoms with Crippen LogP contribution >= 0.6 is 0 Å². The minimum absolute atomic E-state index is 0.0239. The molecular formula is C13H23N3O3. The first kappa shape index (κ1) is 14.3. The lowest BCUT2D eigenvalue weighted by molar-refractivity contribution is -0.141. The Bertz CT molecular complexity index is 329. The molecule has 0 radical (unpaired) electrons. The average Bonchev–Trinajstić information content (AvgIpc) is 2.94. The lowest BCUT2D eigenvalue weighted by Gasteiger charge is -2.33. The number of hydrogen-bond donors (Lipinski definition) is 1. The Labute approximate surface area is 114 Å².